The van der Waals surface area contributed by atoms with Crippen LogP contribution in [-0.4, -0.2) is 49.0 Å². The van der Waals surface area contributed by atoms with Crippen molar-refractivity contribution in [2.75, 3.05) is 32.3 Å². The Kier molecular flexibility index (Phi) is 6.56. The van der Waals surface area contributed by atoms with Crippen LogP contribution in [0.15, 0.2) is 47.4 Å². The van der Waals surface area contributed by atoms with E-state index in [2.05, 4.69) is 5.32 Å². The monoisotopic (exact) mass is 442 g/mol. The first kappa shape index (κ1) is 21.4. The number of benzene rings is 2. The van der Waals surface area contributed by atoms with Crippen LogP contribution < -0.4 is 19.5 Å². The van der Waals surface area contributed by atoms with Crippen molar-refractivity contribution in [1.82, 2.24) is 4.90 Å². The van der Waals surface area contributed by atoms with Gasteiger partial charge in [-0.3, -0.25) is 9.59 Å². The third kappa shape index (κ3) is 5.07. The number of thioether (sulfide) groups is 1. The minimum Gasteiger partial charge on any atom is -0.497 e. The van der Waals surface area contributed by atoms with E-state index in [0.717, 1.165) is 10.6 Å². The largest absolute Gasteiger partial charge is 0.497 e. The van der Waals surface area contributed by atoms with Gasteiger partial charge in [-0.1, -0.05) is 0 Å². The Labute approximate surface area is 186 Å². The molecule has 4 rings (SSSR count). The van der Waals surface area contributed by atoms with Crippen molar-refractivity contribution < 1.29 is 23.8 Å². The van der Waals surface area contributed by atoms with Crippen LogP contribution in [0.3, 0.4) is 0 Å². The fourth-order valence-electron chi connectivity index (χ4n) is 3.75. The van der Waals surface area contributed by atoms with Crippen LogP contribution in [0.25, 0.3) is 0 Å². The smallest absolute Gasteiger partial charge is 0.235 e. The van der Waals surface area contributed by atoms with Crippen molar-refractivity contribution >= 4 is 29.3 Å². The lowest BCUT2D eigenvalue weighted by Crippen LogP contribution is -2.44. The Hall–Kier alpha value is -2.87. The number of fused-ring (bicyclic) bond motifs is 1. The molecule has 2 aliphatic heterocycles. The standard InChI is InChI=1S/C23H26N2O5S/c1-15(31-19-6-4-18(28-2)5-7-19)23(27)25-11-9-16(10-12-25)22(26)24-17-3-8-20-21(13-17)30-14-29-20/h3-8,13,15-16H,9-12,14H2,1-2H3,(H,24,26). The Balaban J connectivity index is 1.26. The number of likely N-dealkylation sites (tertiary alicyclic amines) is 1. The lowest BCUT2D eigenvalue weighted by molar-refractivity contribution is -0.133. The van der Waals surface area contributed by atoms with Gasteiger partial charge in [-0.15, -0.1) is 11.8 Å². The fourth-order valence-corrected chi connectivity index (χ4v) is 4.70. The third-order valence-electron chi connectivity index (χ3n) is 5.54. The number of rotatable bonds is 6. The van der Waals surface area contributed by atoms with Crippen LogP contribution in [0.5, 0.6) is 17.2 Å². The molecule has 1 saturated heterocycles. The molecule has 0 aromatic heterocycles. The predicted octanol–water partition coefficient (Wildman–Crippen LogP) is 3.78. The van der Waals surface area contributed by atoms with Gasteiger partial charge < -0.3 is 24.4 Å². The minimum absolute atomic E-state index is 0.0216. The van der Waals surface area contributed by atoms with E-state index in [9.17, 15) is 9.59 Å². The summed E-state index contributed by atoms with van der Waals surface area (Å²) in [6.45, 7) is 3.31. The summed E-state index contributed by atoms with van der Waals surface area (Å²) < 4.78 is 15.8. The number of piperidine rings is 1. The molecule has 2 amide bonds. The van der Waals surface area contributed by atoms with Crippen molar-refractivity contribution in [3.63, 3.8) is 0 Å². The van der Waals surface area contributed by atoms with E-state index in [1.807, 2.05) is 42.2 Å². The molecule has 0 radical (unpaired) electrons. The molecule has 0 spiro atoms. The second kappa shape index (κ2) is 9.51. The maximum Gasteiger partial charge on any atom is 0.235 e. The quantitative estimate of drug-likeness (QED) is 0.686. The molecule has 8 heteroatoms. The first-order chi connectivity index (χ1) is 15.0. The predicted molar refractivity (Wildman–Crippen MR) is 119 cm³/mol. The van der Waals surface area contributed by atoms with E-state index in [0.29, 0.717) is 43.1 Å². The summed E-state index contributed by atoms with van der Waals surface area (Å²) in [4.78, 5) is 28.4. The Morgan fingerprint density at radius 1 is 1.10 bits per heavy atom. The van der Waals surface area contributed by atoms with E-state index < -0.39 is 0 Å². The van der Waals surface area contributed by atoms with Crippen LogP contribution >= 0.6 is 11.8 Å². The van der Waals surface area contributed by atoms with Gasteiger partial charge in [-0.2, -0.15) is 0 Å². The lowest BCUT2D eigenvalue weighted by atomic mass is 9.95. The summed E-state index contributed by atoms with van der Waals surface area (Å²) >= 11 is 1.53. The zero-order valence-corrected chi connectivity index (χ0v) is 18.4. The SMILES string of the molecule is COc1ccc(SC(C)C(=O)N2CCC(C(=O)Nc3ccc4c(c3)OCO4)CC2)cc1. The maximum absolute atomic E-state index is 12.9. The molecule has 2 aromatic rings. The number of amides is 2. The van der Waals surface area contributed by atoms with Crippen LogP contribution in [0, 0.1) is 5.92 Å². The van der Waals surface area contributed by atoms with Crippen LogP contribution in [0.1, 0.15) is 19.8 Å². The van der Waals surface area contributed by atoms with Gasteiger partial charge in [0.15, 0.2) is 11.5 Å². The van der Waals surface area contributed by atoms with Gasteiger partial charge in [0, 0.05) is 35.7 Å². The number of ether oxygens (including phenoxy) is 3. The molecule has 164 valence electrons. The van der Waals surface area contributed by atoms with Crippen LogP contribution in [0.2, 0.25) is 0 Å². The molecule has 2 aromatic carbocycles. The van der Waals surface area contributed by atoms with Crippen molar-refractivity contribution in [2.24, 2.45) is 5.92 Å². The molecule has 1 N–H and O–H groups in total. The van der Waals surface area contributed by atoms with E-state index >= 15 is 0 Å². The molecule has 0 saturated carbocycles. The van der Waals surface area contributed by atoms with Gasteiger partial charge in [-0.25, -0.2) is 0 Å². The van der Waals surface area contributed by atoms with Gasteiger partial charge in [0.2, 0.25) is 18.6 Å². The van der Waals surface area contributed by atoms with Gasteiger partial charge in [-0.05, 0) is 56.2 Å². The average molecular weight is 443 g/mol. The average Bonchev–Trinajstić information content (AvgIpc) is 3.27. The number of nitrogens with zero attached hydrogens (tertiary/aromatic N) is 1. The molecule has 1 atom stereocenters. The van der Waals surface area contributed by atoms with Gasteiger partial charge in [0.25, 0.3) is 0 Å². The number of methoxy groups -OCH3 is 1. The topological polar surface area (TPSA) is 77.1 Å². The molecule has 0 bridgehead atoms. The molecule has 2 heterocycles. The lowest BCUT2D eigenvalue weighted by Gasteiger charge is -2.33. The normalized spacial score (nSPS) is 16.6. The molecule has 1 unspecified atom stereocenters. The summed E-state index contributed by atoms with van der Waals surface area (Å²) in [7, 11) is 1.63. The van der Waals surface area contributed by atoms with Crippen molar-refractivity contribution in [3.05, 3.63) is 42.5 Å². The second-order valence-electron chi connectivity index (χ2n) is 7.59. The number of carbonyl (C=O) groups is 2. The first-order valence-electron chi connectivity index (χ1n) is 10.3. The highest BCUT2D eigenvalue weighted by molar-refractivity contribution is 8.00. The summed E-state index contributed by atoms with van der Waals surface area (Å²) in [5.74, 6) is 2.10. The Morgan fingerprint density at radius 2 is 1.81 bits per heavy atom. The highest BCUT2D eigenvalue weighted by Gasteiger charge is 2.30. The highest BCUT2D eigenvalue weighted by atomic mass is 32.2. The van der Waals surface area contributed by atoms with E-state index in [1.54, 1.807) is 19.2 Å². The number of anilines is 1. The first-order valence-corrected chi connectivity index (χ1v) is 11.2. The summed E-state index contributed by atoms with van der Waals surface area (Å²) in [5.41, 5.74) is 0.692. The Bertz CT molecular complexity index is 941. The van der Waals surface area contributed by atoms with Crippen molar-refractivity contribution in [1.29, 1.82) is 0 Å². The van der Waals surface area contributed by atoms with Crippen molar-refractivity contribution in [3.8, 4) is 17.2 Å². The van der Waals surface area contributed by atoms with Crippen LogP contribution in [-0.2, 0) is 9.59 Å². The van der Waals surface area contributed by atoms with E-state index in [4.69, 9.17) is 14.2 Å². The third-order valence-corrected chi connectivity index (χ3v) is 6.64. The van der Waals surface area contributed by atoms with Gasteiger partial charge >= 0.3 is 0 Å². The summed E-state index contributed by atoms with van der Waals surface area (Å²) in [5, 5.41) is 2.77. The minimum atomic E-state index is -0.188. The maximum atomic E-state index is 12.9. The number of hydrogen-bond acceptors (Lipinski definition) is 6. The van der Waals surface area contributed by atoms with E-state index in [1.165, 1.54) is 11.8 Å². The Morgan fingerprint density at radius 3 is 2.52 bits per heavy atom. The zero-order valence-electron chi connectivity index (χ0n) is 17.6. The molecular weight excluding hydrogens is 416 g/mol. The van der Waals surface area contributed by atoms with E-state index in [-0.39, 0.29) is 29.8 Å². The molecule has 1 fully saturated rings. The van der Waals surface area contributed by atoms with Gasteiger partial charge in [0.05, 0.1) is 12.4 Å². The number of nitrogens with one attached hydrogen (secondary N) is 1. The molecule has 0 aliphatic carbocycles. The highest BCUT2D eigenvalue weighted by Crippen LogP contribution is 2.34. The molecule has 7 nitrogen and oxygen atoms in total. The summed E-state index contributed by atoms with van der Waals surface area (Å²) in [6, 6.07) is 13.1. The summed E-state index contributed by atoms with van der Waals surface area (Å²) in [6.07, 6.45) is 1.31. The zero-order chi connectivity index (χ0) is 21.8. The van der Waals surface area contributed by atoms with Crippen molar-refractivity contribution in [2.45, 2.75) is 29.9 Å². The van der Waals surface area contributed by atoms with Crippen LogP contribution in [0.4, 0.5) is 5.69 Å². The number of hydrogen-bond donors (Lipinski definition) is 1. The number of carbonyl (C=O) groups excluding carboxylic acids is 2. The fraction of sp³-hybridized carbons (Fsp3) is 0.391. The van der Waals surface area contributed by atoms with Gasteiger partial charge in [0.1, 0.15) is 5.75 Å². The second-order valence-corrected chi connectivity index (χ2v) is 9.01. The molecule has 31 heavy (non-hydrogen) atoms. The molecular formula is C23H26N2O5S. The molecule has 2 aliphatic rings.